The number of benzene rings is 1. The topological polar surface area (TPSA) is 97.1 Å². The number of sulfonamides is 1. The van der Waals surface area contributed by atoms with Gasteiger partial charge in [0.2, 0.25) is 5.09 Å². The zero-order valence-corrected chi connectivity index (χ0v) is 16.4. The molecule has 2 heterocycles. The predicted octanol–water partition coefficient (Wildman–Crippen LogP) is 2.09. The minimum atomic E-state index is -3.68. The highest BCUT2D eigenvalue weighted by molar-refractivity contribution is 7.88. The number of hydrogen-bond donors (Lipinski definition) is 0. The van der Waals surface area contributed by atoms with E-state index in [1.165, 1.54) is 31.1 Å². The Morgan fingerprint density at radius 2 is 1.86 bits per heavy atom. The smallest absolute Gasteiger partial charge is 0.308 e. The normalized spacial score (nSPS) is 13.9. The molecule has 1 aromatic carbocycles. The molecule has 0 fully saturated rings. The third-order valence-corrected chi connectivity index (χ3v) is 6.02. The standard InChI is InChI=1S/C19H20N2O6S/c1-13-15-6-4-5-7-16(15)19(23)21(13)11-10-17(22)26-12-14-8-9-18(27-14)28(24,25)20(2)3/h4-9H,1,10-12H2,2-3H3. The molecule has 0 saturated heterocycles. The van der Waals surface area contributed by atoms with Gasteiger partial charge in [0, 0.05) is 37.5 Å². The summed E-state index contributed by atoms with van der Waals surface area (Å²) in [6.45, 7) is 3.86. The number of nitrogens with zero attached hydrogens (tertiary/aromatic N) is 2. The van der Waals surface area contributed by atoms with E-state index in [-0.39, 0.29) is 36.3 Å². The average molecular weight is 404 g/mol. The molecule has 148 valence electrons. The number of esters is 1. The summed E-state index contributed by atoms with van der Waals surface area (Å²) in [4.78, 5) is 25.8. The number of fused-ring (bicyclic) bond motifs is 1. The molecule has 1 amide bonds. The third-order valence-electron chi connectivity index (χ3n) is 4.33. The quantitative estimate of drug-likeness (QED) is 0.656. The van der Waals surface area contributed by atoms with Gasteiger partial charge in [-0.3, -0.25) is 9.59 Å². The molecule has 2 aromatic rings. The van der Waals surface area contributed by atoms with Crippen LogP contribution in [0.25, 0.3) is 5.70 Å². The summed E-state index contributed by atoms with van der Waals surface area (Å²) in [6, 6.07) is 9.87. The molecule has 0 unspecified atom stereocenters. The van der Waals surface area contributed by atoms with Crippen LogP contribution in [0.1, 0.15) is 28.1 Å². The minimum Gasteiger partial charge on any atom is -0.457 e. The minimum absolute atomic E-state index is 0.0255. The van der Waals surface area contributed by atoms with Gasteiger partial charge in [0.05, 0.1) is 6.42 Å². The molecule has 0 bridgehead atoms. The predicted molar refractivity (Wildman–Crippen MR) is 101 cm³/mol. The molecule has 0 saturated carbocycles. The van der Waals surface area contributed by atoms with E-state index in [9.17, 15) is 18.0 Å². The van der Waals surface area contributed by atoms with Crippen molar-refractivity contribution in [3.63, 3.8) is 0 Å². The summed E-state index contributed by atoms with van der Waals surface area (Å²) in [5.41, 5.74) is 1.87. The first-order valence-electron chi connectivity index (χ1n) is 8.49. The zero-order valence-electron chi connectivity index (χ0n) is 15.5. The van der Waals surface area contributed by atoms with E-state index in [1.807, 2.05) is 12.1 Å². The first kappa shape index (κ1) is 19.8. The van der Waals surface area contributed by atoms with Crippen LogP contribution in [0.4, 0.5) is 0 Å². The maximum absolute atomic E-state index is 12.4. The van der Waals surface area contributed by atoms with Gasteiger partial charge < -0.3 is 14.1 Å². The number of carbonyl (C=O) groups is 2. The van der Waals surface area contributed by atoms with Crippen LogP contribution in [0.15, 0.2) is 52.5 Å². The highest BCUT2D eigenvalue weighted by Gasteiger charge is 2.30. The second-order valence-electron chi connectivity index (χ2n) is 6.37. The first-order chi connectivity index (χ1) is 13.2. The number of hydrogen-bond acceptors (Lipinski definition) is 6. The van der Waals surface area contributed by atoms with Crippen LogP contribution >= 0.6 is 0 Å². The van der Waals surface area contributed by atoms with Gasteiger partial charge in [0.25, 0.3) is 15.9 Å². The fourth-order valence-electron chi connectivity index (χ4n) is 2.75. The molecule has 3 rings (SSSR count). The lowest BCUT2D eigenvalue weighted by molar-refractivity contribution is -0.145. The molecule has 1 aliphatic rings. The van der Waals surface area contributed by atoms with Crippen molar-refractivity contribution in [3.8, 4) is 0 Å². The summed E-state index contributed by atoms with van der Waals surface area (Å²) < 4.78 is 35.3. The van der Waals surface area contributed by atoms with Crippen molar-refractivity contribution in [2.75, 3.05) is 20.6 Å². The molecule has 0 N–H and O–H groups in total. The van der Waals surface area contributed by atoms with Crippen molar-refractivity contribution >= 4 is 27.6 Å². The Morgan fingerprint density at radius 1 is 1.18 bits per heavy atom. The number of ether oxygens (including phenoxy) is 1. The molecule has 1 aromatic heterocycles. The van der Waals surface area contributed by atoms with E-state index in [0.29, 0.717) is 11.3 Å². The lowest BCUT2D eigenvalue weighted by atomic mass is 10.1. The Balaban J connectivity index is 1.53. The molecule has 1 aliphatic heterocycles. The van der Waals surface area contributed by atoms with Crippen LogP contribution in [0.2, 0.25) is 0 Å². The molecule has 9 heteroatoms. The molecule has 0 atom stereocenters. The van der Waals surface area contributed by atoms with E-state index in [4.69, 9.17) is 9.15 Å². The second-order valence-corrected chi connectivity index (χ2v) is 8.45. The zero-order chi connectivity index (χ0) is 20.5. The van der Waals surface area contributed by atoms with Gasteiger partial charge in [-0.15, -0.1) is 0 Å². The lowest BCUT2D eigenvalue weighted by Crippen LogP contribution is -2.26. The highest BCUT2D eigenvalue weighted by atomic mass is 32.2. The molecular formula is C19H20N2O6S. The Morgan fingerprint density at radius 3 is 2.50 bits per heavy atom. The fourth-order valence-corrected chi connectivity index (χ4v) is 3.56. The van der Waals surface area contributed by atoms with E-state index < -0.39 is 16.0 Å². The summed E-state index contributed by atoms with van der Waals surface area (Å²) in [5.74, 6) is -0.522. The molecule has 28 heavy (non-hydrogen) atoms. The van der Waals surface area contributed by atoms with Gasteiger partial charge in [-0.1, -0.05) is 24.8 Å². The monoisotopic (exact) mass is 404 g/mol. The summed E-state index contributed by atoms with van der Waals surface area (Å²) in [7, 11) is -0.898. The van der Waals surface area contributed by atoms with Crippen molar-refractivity contribution in [3.05, 3.63) is 59.9 Å². The average Bonchev–Trinajstić information content (AvgIpc) is 3.23. The number of amides is 1. The van der Waals surface area contributed by atoms with Gasteiger partial charge in [0.15, 0.2) is 0 Å². The van der Waals surface area contributed by atoms with Crippen molar-refractivity contribution in [1.29, 1.82) is 0 Å². The molecule has 0 radical (unpaired) electrons. The van der Waals surface area contributed by atoms with Crippen LogP contribution in [0, 0.1) is 0 Å². The van der Waals surface area contributed by atoms with Gasteiger partial charge in [-0.05, 0) is 18.2 Å². The van der Waals surface area contributed by atoms with Crippen molar-refractivity contribution < 1.29 is 27.2 Å². The van der Waals surface area contributed by atoms with Gasteiger partial charge in [0.1, 0.15) is 12.4 Å². The van der Waals surface area contributed by atoms with Crippen LogP contribution in [0.5, 0.6) is 0 Å². The maximum Gasteiger partial charge on any atom is 0.308 e. The third kappa shape index (κ3) is 3.71. The van der Waals surface area contributed by atoms with E-state index in [2.05, 4.69) is 6.58 Å². The van der Waals surface area contributed by atoms with Crippen LogP contribution < -0.4 is 0 Å². The van der Waals surface area contributed by atoms with Gasteiger partial charge in [-0.2, -0.15) is 0 Å². The molecule has 0 spiro atoms. The lowest BCUT2D eigenvalue weighted by Gasteiger charge is -2.16. The summed E-state index contributed by atoms with van der Waals surface area (Å²) >= 11 is 0. The van der Waals surface area contributed by atoms with Crippen molar-refractivity contribution in [1.82, 2.24) is 9.21 Å². The maximum atomic E-state index is 12.4. The number of carbonyl (C=O) groups excluding carboxylic acids is 2. The fraction of sp³-hybridized carbons (Fsp3) is 0.263. The second kappa shape index (κ2) is 7.61. The van der Waals surface area contributed by atoms with Crippen LogP contribution in [0.3, 0.4) is 0 Å². The molecule has 8 nitrogen and oxygen atoms in total. The Kier molecular flexibility index (Phi) is 5.39. The van der Waals surface area contributed by atoms with E-state index >= 15 is 0 Å². The largest absolute Gasteiger partial charge is 0.457 e. The number of rotatable bonds is 7. The van der Waals surface area contributed by atoms with Crippen molar-refractivity contribution in [2.45, 2.75) is 18.1 Å². The van der Waals surface area contributed by atoms with Gasteiger partial charge >= 0.3 is 5.97 Å². The summed E-state index contributed by atoms with van der Waals surface area (Å²) in [6.07, 6.45) is -0.0255. The van der Waals surface area contributed by atoms with E-state index in [0.717, 1.165) is 9.87 Å². The van der Waals surface area contributed by atoms with Gasteiger partial charge in [-0.25, -0.2) is 12.7 Å². The Hall–Kier alpha value is -2.91. The van der Waals surface area contributed by atoms with E-state index in [1.54, 1.807) is 12.1 Å². The molecular weight excluding hydrogens is 384 g/mol. The van der Waals surface area contributed by atoms with Crippen molar-refractivity contribution in [2.24, 2.45) is 0 Å². The Bertz CT molecular complexity index is 1000. The number of furan rings is 1. The first-order valence-corrected chi connectivity index (χ1v) is 9.93. The van der Waals surface area contributed by atoms with Crippen LogP contribution in [-0.4, -0.2) is 50.1 Å². The highest BCUT2D eigenvalue weighted by Crippen LogP contribution is 2.31. The summed E-state index contributed by atoms with van der Waals surface area (Å²) in [5, 5.41) is -0.222. The van der Waals surface area contributed by atoms with Crippen LogP contribution in [-0.2, 0) is 26.2 Å². The SMILES string of the molecule is C=C1c2ccccc2C(=O)N1CCC(=O)OCc1ccc(S(=O)(=O)N(C)C)o1. The Labute approximate surface area is 163 Å². The molecule has 0 aliphatic carbocycles.